The van der Waals surface area contributed by atoms with Crippen LogP contribution in [0.3, 0.4) is 0 Å². The van der Waals surface area contributed by atoms with Gasteiger partial charge in [-0.05, 0) is 30.7 Å². The summed E-state index contributed by atoms with van der Waals surface area (Å²) >= 11 is 5.85. The van der Waals surface area contributed by atoms with Gasteiger partial charge in [0.2, 0.25) is 0 Å². The molecule has 0 amide bonds. The third-order valence-corrected chi connectivity index (χ3v) is 4.78. The van der Waals surface area contributed by atoms with Crippen LogP contribution in [-0.2, 0) is 11.0 Å². The monoisotopic (exact) mass is 458 g/mol. The van der Waals surface area contributed by atoms with E-state index in [4.69, 9.17) is 16.4 Å². The van der Waals surface area contributed by atoms with Crippen LogP contribution in [0.25, 0.3) is 16.9 Å². The van der Waals surface area contributed by atoms with Crippen molar-refractivity contribution in [3.05, 3.63) is 88.7 Å². The molecule has 0 radical (unpaired) electrons. The van der Waals surface area contributed by atoms with Gasteiger partial charge < -0.3 is 4.84 Å². The lowest BCUT2D eigenvalue weighted by Gasteiger charge is -2.11. The fraction of sp³-hybridized carbons (Fsp3) is 0.0909. The Kier molecular flexibility index (Phi) is 5.67. The van der Waals surface area contributed by atoms with E-state index in [0.717, 1.165) is 17.7 Å². The molecule has 162 valence electrons. The van der Waals surface area contributed by atoms with Gasteiger partial charge in [-0.2, -0.15) is 18.3 Å². The lowest BCUT2D eigenvalue weighted by Crippen LogP contribution is -2.14. The highest BCUT2D eigenvalue weighted by atomic mass is 35.5. The van der Waals surface area contributed by atoms with Crippen molar-refractivity contribution in [3.63, 3.8) is 0 Å². The molecule has 2 aromatic carbocycles. The number of aromatic nitrogens is 3. The van der Waals surface area contributed by atoms with Gasteiger partial charge in [-0.25, -0.2) is 14.3 Å². The van der Waals surface area contributed by atoms with Gasteiger partial charge >= 0.3 is 12.1 Å². The van der Waals surface area contributed by atoms with E-state index >= 15 is 0 Å². The summed E-state index contributed by atoms with van der Waals surface area (Å²) in [5.41, 5.74) is 0.0117. The van der Waals surface area contributed by atoms with Gasteiger partial charge in [0.15, 0.2) is 17.0 Å². The van der Waals surface area contributed by atoms with Gasteiger partial charge in [-0.15, -0.1) is 0 Å². The highest BCUT2D eigenvalue weighted by Gasteiger charge is 2.35. The molecule has 0 N–H and O–H groups in total. The van der Waals surface area contributed by atoms with Crippen molar-refractivity contribution in [1.29, 1.82) is 0 Å². The topological polar surface area (TPSA) is 68.8 Å². The lowest BCUT2D eigenvalue weighted by atomic mass is 10.1. The molecule has 4 aromatic rings. The maximum absolute atomic E-state index is 13.7. The molecule has 2 heterocycles. The number of alkyl halides is 3. The Morgan fingerprint density at radius 2 is 1.75 bits per heavy atom. The molecule has 6 nitrogen and oxygen atoms in total. The maximum atomic E-state index is 13.7. The molecule has 0 unspecified atom stereocenters. The second kappa shape index (κ2) is 8.43. The zero-order valence-corrected chi connectivity index (χ0v) is 17.2. The van der Waals surface area contributed by atoms with E-state index in [1.165, 1.54) is 0 Å². The summed E-state index contributed by atoms with van der Waals surface area (Å²) in [6, 6.07) is 17.1. The molecule has 2 aromatic heterocycles. The first-order chi connectivity index (χ1) is 15.2. The molecule has 0 saturated carbocycles. The summed E-state index contributed by atoms with van der Waals surface area (Å²) in [7, 11) is 0. The van der Waals surface area contributed by atoms with E-state index < -0.39 is 17.8 Å². The molecule has 32 heavy (non-hydrogen) atoms. The van der Waals surface area contributed by atoms with Crippen molar-refractivity contribution in [2.75, 3.05) is 0 Å². The Labute approximate surface area is 184 Å². The van der Waals surface area contributed by atoms with Crippen LogP contribution in [0.15, 0.2) is 71.9 Å². The third kappa shape index (κ3) is 4.47. The zero-order valence-electron chi connectivity index (χ0n) is 16.5. The van der Waals surface area contributed by atoms with Crippen LogP contribution in [0.5, 0.6) is 0 Å². The number of fused-ring (bicyclic) bond motifs is 1. The summed E-state index contributed by atoms with van der Waals surface area (Å²) in [5, 5.41) is 7.93. The SMILES string of the molecule is C/C(=N\OC(=O)c1cc2nc(-c3ccc(Cl)cc3)cc(C(F)(F)F)n2n1)c1ccccc1. The van der Waals surface area contributed by atoms with Crippen LogP contribution in [-0.4, -0.2) is 26.3 Å². The Bertz CT molecular complexity index is 1320. The number of oxime groups is 1. The van der Waals surface area contributed by atoms with E-state index in [-0.39, 0.29) is 17.0 Å². The van der Waals surface area contributed by atoms with Gasteiger partial charge in [-0.3, -0.25) is 0 Å². The molecule has 0 atom stereocenters. The van der Waals surface area contributed by atoms with E-state index in [9.17, 15) is 18.0 Å². The normalized spacial score (nSPS) is 12.2. The number of benzene rings is 2. The summed E-state index contributed by atoms with van der Waals surface area (Å²) in [6.07, 6.45) is -4.74. The van der Waals surface area contributed by atoms with Crippen LogP contribution in [0.1, 0.15) is 28.7 Å². The predicted octanol–water partition coefficient (Wildman–Crippen LogP) is 5.65. The minimum Gasteiger partial charge on any atom is -0.311 e. The van der Waals surface area contributed by atoms with E-state index in [1.807, 2.05) is 6.07 Å². The van der Waals surface area contributed by atoms with E-state index in [1.54, 1.807) is 55.5 Å². The molecule has 0 spiro atoms. The van der Waals surface area contributed by atoms with Crippen LogP contribution in [0, 0.1) is 0 Å². The highest BCUT2D eigenvalue weighted by molar-refractivity contribution is 6.30. The van der Waals surface area contributed by atoms with Crippen molar-refractivity contribution in [3.8, 4) is 11.3 Å². The van der Waals surface area contributed by atoms with Crippen LogP contribution in [0.4, 0.5) is 13.2 Å². The Hall–Kier alpha value is -3.72. The van der Waals surface area contributed by atoms with Crippen LogP contribution < -0.4 is 0 Å². The number of nitrogens with zero attached hydrogens (tertiary/aromatic N) is 4. The van der Waals surface area contributed by atoms with Crippen molar-refractivity contribution in [2.45, 2.75) is 13.1 Å². The van der Waals surface area contributed by atoms with Crippen molar-refractivity contribution in [2.24, 2.45) is 5.16 Å². The third-order valence-electron chi connectivity index (χ3n) is 4.52. The highest BCUT2D eigenvalue weighted by Crippen LogP contribution is 2.32. The number of carbonyl (C=O) groups is 1. The summed E-state index contributed by atoms with van der Waals surface area (Å²) < 4.78 is 41.6. The second-order valence-electron chi connectivity index (χ2n) is 6.75. The quantitative estimate of drug-likeness (QED) is 0.225. The lowest BCUT2D eigenvalue weighted by molar-refractivity contribution is -0.142. The molecular weight excluding hydrogens is 445 g/mol. The summed E-state index contributed by atoms with van der Waals surface area (Å²) in [4.78, 5) is 21.5. The van der Waals surface area contributed by atoms with Crippen molar-refractivity contribution >= 4 is 28.9 Å². The number of carbonyl (C=O) groups excluding carboxylic acids is 1. The molecule has 0 aliphatic carbocycles. The molecule has 0 bridgehead atoms. The van der Waals surface area contributed by atoms with Crippen molar-refractivity contribution in [1.82, 2.24) is 14.6 Å². The molecule has 0 saturated heterocycles. The largest absolute Gasteiger partial charge is 0.433 e. The Balaban J connectivity index is 1.71. The second-order valence-corrected chi connectivity index (χ2v) is 7.19. The van der Waals surface area contributed by atoms with Gasteiger partial charge in [0.25, 0.3) is 0 Å². The van der Waals surface area contributed by atoms with Gasteiger partial charge in [0.05, 0.1) is 11.4 Å². The average Bonchev–Trinajstić information content (AvgIpc) is 3.21. The van der Waals surface area contributed by atoms with Gasteiger partial charge in [-0.1, -0.05) is 59.2 Å². The first-order valence-electron chi connectivity index (χ1n) is 9.28. The first-order valence-corrected chi connectivity index (χ1v) is 9.65. The number of rotatable bonds is 4. The Morgan fingerprint density at radius 3 is 2.41 bits per heavy atom. The minimum absolute atomic E-state index is 0.0549. The Morgan fingerprint density at radius 1 is 1.06 bits per heavy atom. The van der Waals surface area contributed by atoms with Crippen LogP contribution in [0.2, 0.25) is 5.02 Å². The van der Waals surface area contributed by atoms with E-state index in [2.05, 4.69) is 15.2 Å². The molecule has 0 fully saturated rings. The zero-order chi connectivity index (χ0) is 22.9. The maximum Gasteiger partial charge on any atom is 0.433 e. The standard InChI is InChI=1S/C22H14ClF3N4O2/c1-13(14-5-3-2-4-6-14)29-32-21(31)18-12-20-27-17(15-7-9-16(23)10-8-15)11-19(22(24,25)26)30(20)28-18/h2-12H,1H3/b29-13+. The molecule has 4 rings (SSSR count). The van der Waals surface area contributed by atoms with Gasteiger partial charge in [0, 0.05) is 16.7 Å². The smallest absolute Gasteiger partial charge is 0.311 e. The minimum atomic E-state index is -4.74. The molecule has 0 aliphatic heterocycles. The molecular formula is C22H14ClF3N4O2. The fourth-order valence-corrected chi connectivity index (χ4v) is 3.06. The molecule has 10 heteroatoms. The van der Waals surface area contributed by atoms with E-state index in [0.29, 0.717) is 20.8 Å². The number of halogens is 4. The summed E-state index contributed by atoms with van der Waals surface area (Å²) in [6.45, 7) is 1.63. The summed E-state index contributed by atoms with van der Waals surface area (Å²) in [5.74, 6) is -1.01. The number of hydrogen-bond donors (Lipinski definition) is 0. The first kappa shape index (κ1) is 21.5. The average molecular weight is 459 g/mol. The predicted molar refractivity (Wildman–Crippen MR) is 113 cm³/mol. The van der Waals surface area contributed by atoms with Crippen molar-refractivity contribution < 1.29 is 22.8 Å². The fourth-order valence-electron chi connectivity index (χ4n) is 2.93. The van der Waals surface area contributed by atoms with Gasteiger partial charge in [0.1, 0.15) is 0 Å². The van der Waals surface area contributed by atoms with Crippen LogP contribution >= 0.6 is 11.6 Å². The molecule has 0 aliphatic rings. The number of hydrogen-bond acceptors (Lipinski definition) is 5.